The molecule has 0 N–H and O–H groups in total. The van der Waals surface area contributed by atoms with Crippen LogP contribution in [0.4, 0.5) is 11.4 Å². The number of nitro groups is 2. The standard InChI is InChI=1S/C19H11N3O6/c23-18-14-3-1-2-13-16(22(27)28)9-8-15(17(13)14)19(24)20(18)10-11-4-6-12(7-5-11)21(25)26/h1-9H,10H2. The van der Waals surface area contributed by atoms with Crippen LogP contribution in [0.25, 0.3) is 10.8 Å². The first-order chi connectivity index (χ1) is 13.4. The second kappa shape index (κ2) is 6.23. The van der Waals surface area contributed by atoms with E-state index in [1.165, 1.54) is 54.6 Å². The van der Waals surface area contributed by atoms with E-state index < -0.39 is 21.7 Å². The molecular formula is C19H11N3O6. The summed E-state index contributed by atoms with van der Waals surface area (Å²) in [5, 5.41) is 22.5. The van der Waals surface area contributed by atoms with Crippen LogP contribution in [-0.2, 0) is 6.54 Å². The Morgan fingerprint density at radius 2 is 1.43 bits per heavy atom. The molecule has 0 fully saturated rings. The van der Waals surface area contributed by atoms with Crippen molar-refractivity contribution in [1.82, 2.24) is 4.90 Å². The third-order valence-electron chi connectivity index (χ3n) is 4.65. The maximum Gasteiger partial charge on any atom is 0.277 e. The Bertz CT molecular complexity index is 1160. The molecule has 0 spiro atoms. The minimum absolute atomic E-state index is 0.0670. The fraction of sp³-hybridized carbons (Fsp3) is 0.0526. The van der Waals surface area contributed by atoms with Crippen LogP contribution in [0.3, 0.4) is 0 Å². The van der Waals surface area contributed by atoms with E-state index in [1.807, 2.05) is 0 Å². The second-order valence-electron chi connectivity index (χ2n) is 6.24. The Kier molecular flexibility index (Phi) is 3.85. The summed E-state index contributed by atoms with van der Waals surface area (Å²) in [7, 11) is 0. The molecule has 2 amide bonds. The Morgan fingerprint density at radius 1 is 0.786 bits per heavy atom. The predicted octanol–water partition coefficient (Wildman–Crippen LogP) is 3.45. The third kappa shape index (κ3) is 2.57. The molecule has 1 heterocycles. The molecule has 1 aliphatic heterocycles. The molecule has 3 aromatic carbocycles. The molecule has 0 aromatic heterocycles. The highest BCUT2D eigenvalue weighted by Crippen LogP contribution is 2.35. The first kappa shape index (κ1) is 17.3. The van der Waals surface area contributed by atoms with Gasteiger partial charge in [0.25, 0.3) is 23.2 Å². The number of carbonyl (C=O) groups is 2. The van der Waals surface area contributed by atoms with Crippen LogP contribution in [0.2, 0.25) is 0 Å². The van der Waals surface area contributed by atoms with E-state index >= 15 is 0 Å². The van der Waals surface area contributed by atoms with E-state index in [-0.39, 0.29) is 39.8 Å². The van der Waals surface area contributed by atoms with Gasteiger partial charge in [0.1, 0.15) is 0 Å². The largest absolute Gasteiger partial charge is 0.277 e. The van der Waals surface area contributed by atoms with Gasteiger partial charge < -0.3 is 0 Å². The summed E-state index contributed by atoms with van der Waals surface area (Å²) in [6, 6.07) is 12.7. The molecule has 4 rings (SSSR count). The minimum atomic E-state index is -0.568. The first-order valence-electron chi connectivity index (χ1n) is 8.18. The maximum atomic E-state index is 12.9. The summed E-state index contributed by atoms with van der Waals surface area (Å²) in [5.74, 6) is -1.14. The maximum absolute atomic E-state index is 12.9. The lowest BCUT2D eigenvalue weighted by Gasteiger charge is -2.27. The highest BCUT2D eigenvalue weighted by atomic mass is 16.6. The fourth-order valence-corrected chi connectivity index (χ4v) is 3.34. The van der Waals surface area contributed by atoms with Crippen molar-refractivity contribution >= 4 is 34.0 Å². The summed E-state index contributed by atoms with van der Waals surface area (Å²) in [6.45, 7) is -0.0670. The average Bonchev–Trinajstić information content (AvgIpc) is 2.69. The predicted molar refractivity (Wildman–Crippen MR) is 97.9 cm³/mol. The molecule has 0 saturated heterocycles. The number of nitro benzene ring substituents is 2. The topological polar surface area (TPSA) is 124 Å². The number of benzene rings is 3. The lowest BCUT2D eigenvalue weighted by molar-refractivity contribution is -0.384. The van der Waals surface area contributed by atoms with Gasteiger partial charge in [0.15, 0.2) is 0 Å². The Labute approximate surface area is 157 Å². The monoisotopic (exact) mass is 377 g/mol. The molecule has 9 heteroatoms. The van der Waals surface area contributed by atoms with Gasteiger partial charge in [-0.25, -0.2) is 0 Å². The molecule has 0 bridgehead atoms. The fourth-order valence-electron chi connectivity index (χ4n) is 3.34. The number of rotatable bonds is 4. The molecule has 0 saturated carbocycles. The number of amides is 2. The van der Waals surface area contributed by atoms with Crippen molar-refractivity contribution in [1.29, 1.82) is 0 Å². The van der Waals surface area contributed by atoms with Crippen molar-refractivity contribution in [3.63, 3.8) is 0 Å². The van der Waals surface area contributed by atoms with E-state index in [1.54, 1.807) is 0 Å². The van der Waals surface area contributed by atoms with E-state index in [9.17, 15) is 29.8 Å². The number of nitrogens with zero attached hydrogens (tertiary/aromatic N) is 3. The number of hydrogen-bond donors (Lipinski definition) is 0. The lowest BCUT2D eigenvalue weighted by Crippen LogP contribution is -2.39. The molecule has 3 aromatic rings. The number of imide groups is 1. The van der Waals surface area contributed by atoms with Gasteiger partial charge in [-0.2, -0.15) is 0 Å². The number of non-ortho nitro benzene ring substituents is 2. The molecule has 0 unspecified atom stereocenters. The van der Waals surface area contributed by atoms with Gasteiger partial charge in [-0.05, 0) is 23.8 Å². The number of carbonyl (C=O) groups excluding carboxylic acids is 2. The molecule has 0 atom stereocenters. The van der Waals surface area contributed by atoms with Crippen LogP contribution in [0.1, 0.15) is 26.3 Å². The molecule has 138 valence electrons. The van der Waals surface area contributed by atoms with Crippen molar-refractivity contribution < 1.29 is 19.4 Å². The van der Waals surface area contributed by atoms with Crippen LogP contribution in [-0.4, -0.2) is 26.6 Å². The van der Waals surface area contributed by atoms with Crippen molar-refractivity contribution in [2.24, 2.45) is 0 Å². The zero-order valence-corrected chi connectivity index (χ0v) is 14.2. The summed E-state index contributed by atoms with van der Waals surface area (Å²) in [5.41, 5.74) is 0.688. The van der Waals surface area contributed by atoms with E-state index in [2.05, 4.69) is 0 Å². The van der Waals surface area contributed by atoms with Crippen LogP contribution in [0, 0.1) is 20.2 Å². The van der Waals surface area contributed by atoms with Gasteiger partial charge in [0, 0.05) is 34.7 Å². The van der Waals surface area contributed by atoms with Crippen LogP contribution >= 0.6 is 0 Å². The molecular weight excluding hydrogens is 366 g/mol. The summed E-state index contributed by atoms with van der Waals surface area (Å²) in [6.07, 6.45) is 0. The van der Waals surface area contributed by atoms with E-state index in [0.717, 1.165) is 4.90 Å². The van der Waals surface area contributed by atoms with Gasteiger partial charge in [0.2, 0.25) is 0 Å². The van der Waals surface area contributed by atoms with Gasteiger partial charge in [0.05, 0.1) is 21.8 Å². The zero-order chi connectivity index (χ0) is 20.0. The molecule has 0 aliphatic carbocycles. The van der Waals surface area contributed by atoms with Crippen molar-refractivity contribution in [3.05, 3.63) is 91.5 Å². The third-order valence-corrected chi connectivity index (χ3v) is 4.65. The highest BCUT2D eigenvalue weighted by molar-refractivity contribution is 6.26. The number of hydrogen-bond acceptors (Lipinski definition) is 6. The molecule has 28 heavy (non-hydrogen) atoms. The van der Waals surface area contributed by atoms with E-state index in [0.29, 0.717) is 5.56 Å². The smallest absolute Gasteiger partial charge is 0.270 e. The average molecular weight is 377 g/mol. The Balaban J connectivity index is 1.78. The Hall–Kier alpha value is -4.14. The van der Waals surface area contributed by atoms with Gasteiger partial charge in [-0.3, -0.25) is 34.7 Å². The quantitative estimate of drug-likeness (QED) is 0.390. The summed E-state index contributed by atoms with van der Waals surface area (Å²) < 4.78 is 0. The van der Waals surface area contributed by atoms with Gasteiger partial charge in [-0.1, -0.05) is 18.2 Å². The molecule has 1 aliphatic rings. The lowest BCUT2D eigenvalue weighted by atomic mass is 9.93. The first-order valence-corrected chi connectivity index (χ1v) is 8.18. The van der Waals surface area contributed by atoms with E-state index in [4.69, 9.17) is 0 Å². The van der Waals surface area contributed by atoms with Crippen LogP contribution < -0.4 is 0 Å². The van der Waals surface area contributed by atoms with Crippen molar-refractivity contribution in [2.45, 2.75) is 6.54 Å². The summed E-state index contributed by atoms with van der Waals surface area (Å²) in [4.78, 5) is 47.8. The second-order valence-corrected chi connectivity index (χ2v) is 6.24. The summed E-state index contributed by atoms with van der Waals surface area (Å²) >= 11 is 0. The molecule has 0 radical (unpaired) electrons. The zero-order valence-electron chi connectivity index (χ0n) is 14.2. The van der Waals surface area contributed by atoms with Crippen molar-refractivity contribution in [3.8, 4) is 0 Å². The van der Waals surface area contributed by atoms with Gasteiger partial charge >= 0.3 is 0 Å². The highest BCUT2D eigenvalue weighted by Gasteiger charge is 2.34. The minimum Gasteiger partial charge on any atom is -0.270 e. The van der Waals surface area contributed by atoms with Crippen LogP contribution in [0.15, 0.2) is 54.6 Å². The SMILES string of the molecule is O=C1c2cccc3c([N+](=O)[O-])ccc(c23)C(=O)N1Cc1ccc([N+](=O)[O-])cc1. The molecule has 9 nitrogen and oxygen atoms in total. The van der Waals surface area contributed by atoms with Gasteiger partial charge in [-0.15, -0.1) is 0 Å². The Morgan fingerprint density at radius 3 is 2.04 bits per heavy atom. The van der Waals surface area contributed by atoms with Crippen molar-refractivity contribution in [2.75, 3.05) is 0 Å². The normalized spacial score (nSPS) is 13.1. The van der Waals surface area contributed by atoms with Crippen LogP contribution in [0.5, 0.6) is 0 Å².